The van der Waals surface area contributed by atoms with Gasteiger partial charge in [-0.05, 0) is 37.1 Å². The number of aromatic nitrogens is 2. The number of nitrogens with zero attached hydrogens (tertiary/aromatic N) is 2. The molecule has 1 heterocycles. The average molecular weight is 397 g/mol. The van der Waals surface area contributed by atoms with Crippen LogP contribution in [-0.4, -0.2) is 28.3 Å². The molecule has 8 heteroatoms. The van der Waals surface area contributed by atoms with E-state index in [9.17, 15) is 18.8 Å². The molecule has 0 saturated heterocycles. The minimum atomic E-state index is -0.823. The number of halogens is 1. The number of aryl methyl sites for hydroxylation is 2. The zero-order chi connectivity index (χ0) is 21.0. The summed E-state index contributed by atoms with van der Waals surface area (Å²) in [5.41, 5.74) is 0.379. The second-order valence-corrected chi connectivity index (χ2v) is 6.51. The lowest BCUT2D eigenvalue weighted by Crippen LogP contribution is -2.27. The summed E-state index contributed by atoms with van der Waals surface area (Å²) in [6.07, 6.45) is 0.662. The highest BCUT2D eigenvalue weighted by Crippen LogP contribution is 2.15. The van der Waals surface area contributed by atoms with E-state index in [1.54, 1.807) is 37.3 Å². The summed E-state index contributed by atoms with van der Waals surface area (Å²) in [6, 6.07) is 10.9. The maximum atomic E-state index is 13.6. The van der Waals surface area contributed by atoms with Crippen LogP contribution in [0.1, 0.15) is 29.4 Å². The van der Waals surface area contributed by atoms with Gasteiger partial charge < -0.3 is 10.1 Å². The summed E-state index contributed by atoms with van der Waals surface area (Å²) in [5.74, 6) is -1.89. The molecule has 0 aliphatic carbocycles. The minimum absolute atomic E-state index is 0.0390. The number of benzene rings is 2. The fourth-order valence-corrected chi connectivity index (χ4v) is 2.82. The number of rotatable bonds is 6. The lowest BCUT2D eigenvalue weighted by molar-refractivity contribution is -0.119. The number of amides is 1. The van der Waals surface area contributed by atoms with Crippen molar-refractivity contribution < 1.29 is 18.7 Å². The monoisotopic (exact) mass is 397 g/mol. The minimum Gasteiger partial charge on any atom is -0.451 e. The lowest BCUT2D eigenvalue weighted by atomic mass is 10.1. The van der Waals surface area contributed by atoms with Crippen LogP contribution in [0.3, 0.4) is 0 Å². The van der Waals surface area contributed by atoms with Crippen molar-refractivity contribution in [3.05, 3.63) is 69.9 Å². The molecule has 7 nitrogen and oxygen atoms in total. The molecule has 3 aromatic rings. The molecule has 0 saturated carbocycles. The van der Waals surface area contributed by atoms with E-state index in [4.69, 9.17) is 4.74 Å². The highest BCUT2D eigenvalue weighted by atomic mass is 19.1. The van der Waals surface area contributed by atoms with Crippen LogP contribution in [0.4, 0.5) is 10.1 Å². The fourth-order valence-electron chi connectivity index (χ4n) is 2.82. The van der Waals surface area contributed by atoms with E-state index in [-0.39, 0.29) is 16.9 Å². The van der Waals surface area contributed by atoms with Crippen LogP contribution in [0.15, 0.2) is 47.3 Å². The molecule has 2 aromatic carbocycles. The Morgan fingerprint density at radius 3 is 2.59 bits per heavy atom. The van der Waals surface area contributed by atoms with Crippen LogP contribution in [0, 0.1) is 12.7 Å². The summed E-state index contributed by atoms with van der Waals surface area (Å²) in [5, 5.41) is 7.29. The number of hydrogen-bond acceptors (Lipinski definition) is 5. The largest absolute Gasteiger partial charge is 0.451 e. The molecule has 0 unspecified atom stereocenters. The lowest BCUT2D eigenvalue weighted by Gasteiger charge is -2.10. The Labute approximate surface area is 166 Å². The molecule has 0 spiro atoms. The third kappa shape index (κ3) is 4.48. The van der Waals surface area contributed by atoms with Gasteiger partial charge in [-0.15, -0.1) is 0 Å². The Hall–Kier alpha value is -3.55. The first-order valence-electron chi connectivity index (χ1n) is 9.13. The summed E-state index contributed by atoms with van der Waals surface area (Å²) >= 11 is 0. The van der Waals surface area contributed by atoms with Gasteiger partial charge in [-0.1, -0.05) is 31.2 Å². The molecule has 29 heavy (non-hydrogen) atoms. The molecule has 0 radical (unpaired) electrons. The second kappa shape index (κ2) is 8.64. The van der Waals surface area contributed by atoms with Gasteiger partial charge in [0.15, 0.2) is 12.3 Å². The number of nitrogens with one attached hydrogen (secondary N) is 1. The van der Waals surface area contributed by atoms with Crippen molar-refractivity contribution in [2.75, 3.05) is 11.9 Å². The molecule has 1 aromatic heterocycles. The SMILES string of the molecule is CCCn1nc(C(=O)OCC(=O)Nc2ccc(C)c(F)c2)c2ccccc2c1=O. The Bertz CT molecular complexity index is 1140. The van der Waals surface area contributed by atoms with Gasteiger partial charge in [0.25, 0.3) is 11.5 Å². The maximum Gasteiger partial charge on any atom is 0.359 e. The van der Waals surface area contributed by atoms with E-state index in [0.717, 1.165) is 0 Å². The number of anilines is 1. The van der Waals surface area contributed by atoms with E-state index >= 15 is 0 Å². The molecule has 1 amide bonds. The number of carbonyl (C=O) groups is 2. The summed E-state index contributed by atoms with van der Waals surface area (Å²) < 4.78 is 19.9. The maximum absolute atomic E-state index is 13.6. The van der Waals surface area contributed by atoms with E-state index < -0.39 is 24.3 Å². The number of carbonyl (C=O) groups excluding carboxylic acids is 2. The van der Waals surface area contributed by atoms with E-state index in [1.807, 2.05) is 6.92 Å². The number of esters is 1. The van der Waals surface area contributed by atoms with Crippen molar-refractivity contribution in [2.24, 2.45) is 0 Å². The highest BCUT2D eigenvalue weighted by Gasteiger charge is 2.19. The number of hydrogen-bond donors (Lipinski definition) is 1. The van der Waals surface area contributed by atoms with Crippen LogP contribution < -0.4 is 10.9 Å². The highest BCUT2D eigenvalue weighted by molar-refractivity contribution is 6.03. The fraction of sp³-hybridized carbons (Fsp3) is 0.238. The Morgan fingerprint density at radius 1 is 1.17 bits per heavy atom. The van der Waals surface area contributed by atoms with Crippen LogP contribution in [-0.2, 0) is 16.1 Å². The predicted molar refractivity (Wildman–Crippen MR) is 106 cm³/mol. The predicted octanol–water partition coefficient (Wildman–Crippen LogP) is 3.05. The number of fused-ring (bicyclic) bond motifs is 1. The van der Waals surface area contributed by atoms with Gasteiger partial charge in [-0.3, -0.25) is 9.59 Å². The number of ether oxygens (including phenoxy) is 1. The van der Waals surface area contributed by atoms with E-state index in [2.05, 4.69) is 10.4 Å². The third-order valence-corrected chi connectivity index (χ3v) is 4.29. The molecule has 0 aliphatic rings. The van der Waals surface area contributed by atoms with Gasteiger partial charge in [0.2, 0.25) is 0 Å². The summed E-state index contributed by atoms with van der Waals surface area (Å²) in [7, 11) is 0. The average Bonchev–Trinajstić information content (AvgIpc) is 2.71. The Kier molecular flexibility index (Phi) is 6.01. The molecule has 0 fully saturated rings. The van der Waals surface area contributed by atoms with E-state index in [0.29, 0.717) is 29.3 Å². The smallest absolute Gasteiger partial charge is 0.359 e. The van der Waals surface area contributed by atoms with Crippen molar-refractivity contribution in [1.82, 2.24) is 9.78 Å². The van der Waals surface area contributed by atoms with Crippen molar-refractivity contribution in [1.29, 1.82) is 0 Å². The van der Waals surface area contributed by atoms with Gasteiger partial charge in [0.05, 0.1) is 5.39 Å². The van der Waals surface area contributed by atoms with Crippen molar-refractivity contribution >= 4 is 28.3 Å². The van der Waals surface area contributed by atoms with Gasteiger partial charge in [-0.25, -0.2) is 13.9 Å². The van der Waals surface area contributed by atoms with Crippen LogP contribution in [0.5, 0.6) is 0 Å². The first kappa shape index (κ1) is 20.2. The summed E-state index contributed by atoms with van der Waals surface area (Å²) in [4.78, 5) is 37.1. The van der Waals surface area contributed by atoms with E-state index in [1.165, 1.54) is 16.8 Å². The van der Waals surface area contributed by atoms with Crippen LogP contribution in [0.25, 0.3) is 10.8 Å². The Balaban J connectivity index is 1.77. The van der Waals surface area contributed by atoms with Gasteiger partial charge in [0, 0.05) is 17.6 Å². The molecular weight excluding hydrogens is 377 g/mol. The molecule has 1 N–H and O–H groups in total. The molecule has 150 valence electrons. The van der Waals surface area contributed by atoms with Gasteiger partial charge in [-0.2, -0.15) is 5.10 Å². The van der Waals surface area contributed by atoms with Crippen LogP contribution in [0.2, 0.25) is 0 Å². The Morgan fingerprint density at radius 2 is 1.90 bits per heavy atom. The zero-order valence-electron chi connectivity index (χ0n) is 16.1. The molecule has 0 aliphatic heterocycles. The van der Waals surface area contributed by atoms with Gasteiger partial charge >= 0.3 is 5.97 Å². The molecule has 0 bridgehead atoms. The first-order valence-corrected chi connectivity index (χ1v) is 9.13. The molecule has 0 atom stereocenters. The van der Waals surface area contributed by atoms with Crippen LogP contribution >= 0.6 is 0 Å². The summed E-state index contributed by atoms with van der Waals surface area (Å²) in [6.45, 7) is 3.28. The zero-order valence-corrected chi connectivity index (χ0v) is 16.1. The molecular formula is C21H20FN3O4. The normalized spacial score (nSPS) is 10.7. The molecule has 3 rings (SSSR count). The quantitative estimate of drug-likeness (QED) is 0.646. The first-order chi connectivity index (χ1) is 13.9. The van der Waals surface area contributed by atoms with Gasteiger partial charge in [0.1, 0.15) is 5.82 Å². The standard InChI is InChI=1S/C21H20FN3O4/c1-3-10-25-20(27)16-7-5-4-6-15(16)19(24-25)21(28)29-12-18(26)23-14-9-8-13(2)17(22)11-14/h4-9,11H,3,10,12H2,1-2H3,(H,23,26). The van der Waals surface area contributed by atoms with Crippen molar-refractivity contribution in [2.45, 2.75) is 26.8 Å². The van der Waals surface area contributed by atoms with Crippen molar-refractivity contribution in [3.8, 4) is 0 Å². The third-order valence-electron chi connectivity index (χ3n) is 4.29. The topological polar surface area (TPSA) is 90.3 Å². The van der Waals surface area contributed by atoms with Crippen molar-refractivity contribution in [3.63, 3.8) is 0 Å². The second-order valence-electron chi connectivity index (χ2n) is 6.51.